The van der Waals surface area contributed by atoms with Crippen LogP contribution in [-0.4, -0.2) is 62.6 Å². The van der Waals surface area contributed by atoms with Crippen LogP contribution in [-0.2, 0) is 17.9 Å². The number of guanidine groups is 1. The van der Waals surface area contributed by atoms with Crippen LogP contribution in [0, 0.1) is 11.7 Å². The van der Waals surface area contributed by atoms with E-state index in [4.69, 9.17) is 4.74 Å². The third-order valence-corrected chi connectivity index (χ3v) is 5.37. The molecule has 1 unspecified atom stereocenters. The normalized spacial score (nSPS) is 21.6. The number of likely N-dealkylation sites (tertiary alicyclic amines) is 2. The molecule has 0 spiro atoms. The second-order valence-electron chi connectivity index (χ2n) is 7.37. The highest BCUT2D eigenvalue weighted by atomic mass is 19.1. The minimum atomic E-state index is -0.218. The number of methoxy groups -OCH3 is 1. The number of benzene rings is 1. The maximum atomic E-state index is 13.7. The number of hydrogen-bond acceptors (Lipinski definition) is 3. The Morgan fingerprint density at radius 2 is 2.12 bits per heavy atom. The molecule has 1 aromatic rings. The zero-order valence-corrected chi connectivity index (χ0v) is 16.0. The molecule has 2 heterocycles. The largest absolute Gasteiger partial charge is 0.380 e. The molecule has 1 aromatic carbocycles. The van der Waals surface area contributed by atoms with Gasteiger partial charge in [-0.3, -0.25) is 4.99 Å². The third-order valence-electron chi connectivity index (χ3n) is 5.37. The van der Waals surface area contributed by atoms with Crippen LogP contribution < -0.4 is 5.32 Å². The molecule has 6 heteroatoms. The topological polar surface area (TPSA) is 40.1 Å². The molecule has 26 heavy (non-hydrogen) atoms. The summed E-state index contributed by atoms with van der Waals surface area (Å²) in [5, 5.41) is 3.43. The molecule has 1 atom stereocenters. The van der Waals surface area contributed by atoms with Gasteiger partial charge in [-0.25, -0.2) is 4.39 Å². The lowest BCUT2D eigenvalue weighted by Crippen LogP contribution is -2.40. The van der Waals surface area contributed by atoms with E-state index in [-0.39, 0.29) is 5.82 Å². The number of ether oxygens (including phenoxy) is 1. The van der Waals surface area contributed by atoms with Gasteiger partial charge in [0.15, 0.2) is 5.96 Å². The summed E-state index contributed by atoms with van der Waals surface area (Å²) in [4.78, 5) is 9.39. The third kappa shape index (κ3) is 4.95. The summed E-state index contributed by atoms with van der Waals surface area (Å²) in [5.41, 5.74) is 1.63. The Labute approximate surface area is 156 Å². The van der Waals surface area contributed by atoms with Crippen molar-refractivity contribution in [2.45, 2.75) is 32.4 Å². The van der Waals surface area contributed by atoms with Crippen molar-refractivity contribution in [3.8, 4) is 0 Å². The number of aliphatic imine (C=N–C) groups is 1. The molecule has 2 fully saturated rings. The van der Waals surface area contributed by atoms with Crippen molar-refractivity contribution in [3.05, 3.63) is 35.1 Å². The molecular formula is C20H31FN4O. The molecule has 1 N–H and O–H groups in total. The Balaban J connectivity index is 1.51. The molecule has 3 rings (SSSR count). The first-order valence-electron chi connectivity index (χ1n) is 9.63. The molecule has 0 radical (unpaired) electrons. The van der Waals surface area contributed by atoms with Crippen molar-refractivity contribution >= 4 is 5.96 Å². The predicted octanol–water partition coefficient (Wildman–Crippen LogP) is 2.47. The number of nitrogens with zero attached hydrogens (tertiary/aromatic N) is 3. The van der Waals surface area contributed by atoms with Crippen LogP contribution in [0.4, 0.5) is 4.39 Å². The minimum absolute atomic E-state index is 0.218. The lowest BCUT2D eigenvalue weighted by molar-refractivity contribution is 0.181. The molecule has 5 nitrogen and oxygen atoms in total. The molecule has 2 aliphatic rings. The molecule has 0 aliphatic carbocycles. The van der Waals surface area contributed by atoms with Crippen LogP contribution in [0.15, 0.2) is 23.2 Å². The van der Waals surface area contributed by atoms with Gasteiger partial charge in [0, 0.05) is 45.9 Å². The lowest BCUT2D eigenvalue weighted by atomic mass is 10.1. The summed E-state index contributed by atoms with van der Waals surface area (Å²) >= 11 is 0. The van der Waals surface area contributed by atoms with E-state index in [0.717, 1.165) is 30.5 Å². The Hall–Kier alpha value is -1.66. The first-order valence-corrected chi connectivity index (χ1v) is 9.63. The molecule has 2 saturated heterocycles. The Morgan fingerprint density at radius 1 is 1.31 bits per heavy atom. The van der Waals surface area contributed by atoms with Gasteiger partial charge >= 0.3 is 0 Å². The maximum absolute atomic E-state index is 13.7. The van der Waals surface area contributed by atoms with Crippen LogP contribution in [0.5, 0.6) is 0 Å². The van der Waals surface area contributed by atoms with Gasteiger partial charge in [0.1, 0.15) is 5.82 Å². The summed E-state index contributed by atoms with van der Waals surface area (Å²) in [5.74, 6) is 1.45. The molecule has 0 saturated carbocycles. The fourth-order valence-electron chi connectivity index (χ4n) is 4.02. The average Bonchev–Trinajstić information content (AvgIpc) is 3.31. The Bertz CT molecular complexity index is 616. The summed E-state index contributed by atoms with van der Waals surface area (Å²) in [6.07, 6.45) is 3.93. The highest BCUT2D eigenvalue weighted by Crippen LogP contribution is 2.20. The van der Waals surface area contributed by atoms with Crippen LogP contribution in [0.1, 0.15) is 30.4 Å². The van der Waals surface area contributed by atoms with E-state index >= 15 is 0 Å². The molecule has 144 valence electrons. The second kappa shape index (κ2) is 9.33. The number of hydrogen-bond donors (Lipinski definition) is 1. The zero-order chi connectivity index (χ0) is 18.4. The van der Waals surface area contributed by atoms with Gasteiger partial charge < -0.3 is 19.9 Å². The number of rotatable bonds is 6. The first kappa shape index (κ1) is 19.1. The summed E-state index contributed by atoms with van der Waals surface area (Å²) in [6.45, 7) is 6.78. The monoisotopic (exact) mass is 362 g/mol. The first-order chi connectivity index (χ1) is 12.7. The van der Waals surface area contributed by atoms with E-state index < -0.39 is 0 Å². The van der Waals surface area contributed by atoms with Crippen molar-refractivity contribution in [3.63, 3.8) is 0 Å². The lowest BCUT2D eigenvalue weighted by Gasteiger charge is -2.23. The van der Waals surface area contributed by atoms with Crippen LogP contribution >= 0.6 is 0 Å². The van der Waals surface area contributed by atoms with Crippen LogP contribution in [0.25, 0.3) is 0 Å². The minimum Gasteiger partial charge on any atom is -0.380 e. The van der Waals surface area contributed by atoms with Crippen LogP contribution in [0.2, 0.25) is 0 Å². The van der Waals surface area contributed by atoms with Gasteiger partial charge in [-0.05, 0) is 56.0 Å². The SMILES string of the molecule is CN=C(NCc1ccc(F)c(COC)c1)N1CCC(CN2CCCC2)C1. The van der Waals surface area contributed by atoms with Crippen molar-refractivity contribution < 1.29 is 9.13 Å². The molecule has 2 aliphatic heterocycles. The van der Waals surface area contributed by atoms with Crippen molar-refractivity contribution in [2.24, 2.45) is 10.9 Å². The Kier molecular flexibility index (Phi) is 6.86. The Morgan fingerprint density at radius 3 is 2.85 bits per heavy atom. The van der Waals surface area contributed by atoms with Crippen molar-refractivity contribution in [2.75, 3.05) is 46.9 Å². The average molecular weight is 362 g/mol. The van der Waals surface area contributed by atoms with E-state index in [0.29, 0.717) is 18.7 Å². The van der Waals surface area contributed by atoms with E-state index in [1.54, 1.807) is 7.11 Å². The predicted molar refractivity (Wildman–Crippen MR) is 103 cm³/mol. The quantitative estimate of drug-likeness (QED) is 0.623. The number of halogens is 1. The summed E-state index contributed by atoms with van der Waals surface area (Å²) in [7, 11) is 3.41. The van der Waals surface area contributed by atoms with Gasteiger partial charge in [0.2, 0.25) is 0 Å². The maximum Gasteiger partial charge on any atom is 0.193 e. The van der Waals surface area contributed by atoms with E-state index in [2.05, 4.69) is 20.1 Å². The molecular weight excluding hydrogens is 331 g/mol. The van der Waals surface area contributed by atoms with Gasteiger partial charge in [0.05, 0.1) is 6.61 Å². The highest BCUT2D eigenvalue weighted by molar-refractivity contribution is 5.80. The van der Waals surface area contributed by atoms with Crippen LogP contribution in [0.3, 0.4) is 0 Å². The van der Waals surface area contributed by atoms with Gasteiger partial charge in [-0.2, -0.15) is 0 Å². The fraction of sp³-hybridized carbons (Fsp3) is 0.650. The van der Waals surface area contributed by atoms with E-state index in [1.165, 1.54) is 45.0 Å². The van der Waals surface area contributed by atoms with Gasteiger partial charge in [-0.15, -0.1) is 0 Å². The van der Waals surface area contributed by atoms with Crippen molar-refractivity contribution in [1.82, 2.24) is 15.1 Å². The number of nitrogens with one attached hydrogen (secondary N) is 1. The smallest absolute Gasteiger partial charge is 0.193 e. The van der Waals surface area contributed by atoms with Gasteiger partial charge in [0.25, 0.3) is 0 Å². The molecule has 0 bridgehead atoms. The summed E-state index contributed by atoms with van der Waals surface area (Å²) in [6, 6.07) is 5.18. The molecule has 0 amide bonds. The zero-order valence-electron chi connectivity index (χ0n) is 16.0. The molecule has 0 aromatic heterocycles. The highest BCUT2D eigenvalue weighted by Gasteiger charge is 2.27. The second-order valence-corrected chi connectivity index (χ2v) is 7.37. The summed E-state index contributed by atoms with van der Waals surface area (Å²) < 4.78 is 18.8. The standard InChI is InChI=1S/C20H31FN4O/c1-22-20(23-12-16-5-6-19(21)18(11-16)15-26-2)25-10-7-17(14-25)13-24-8-3-4-9-24/h5-6,11,17H,3-4,7-10,12-15H2,1-2H3,(H,22,23). The van der Waals surface area contributed by atoms with Gasteiger partial charge in [-0.1, -0.05) is 6.07 Å². The van der Waals surface area contributed by atoms with Crippen molar-refractivity contribution in [1.29, 1.82) is 0 Å². The van der Waals surface area contributed by atoms with E-state index in [1.807, 2.05) is 19.2 Å². The van der Waals surface area contributed by atoms with E-state index in [9.17, 15) is 4.39 Å². The fourth-order valence-corrected chi connectivity index (χ4v) is 4.02.